The summed E-state index contributed by atoms with van der Waals surface area (Å²) in [6.45, 7) is 13.0. The van der Waals surface area contributed by atoms with Crippen LogP contribution in [0, 0.1) is 24.6 Å². The molecule has 180 valence electrons. The van der Waals surface area contributed by atoms with Crippen LogP contribution in [0.25, 0.3) is 16.8 Å². The lowest BCUT2D eigenvalue weighted by molar-refractivity contribution is 0.122. The Kier molecular flexibility index (Phi) is 7.64. The van der Waals surface area contributed by atoms with E-state index in [0.29, 0.717) is 37.1 Å². The Balaban J connectivity index is 1.68. The van der Waals surface area contributed by atoms with Gasteiger partial charge in [0, 0.05) is 48.4 Å². The highest BCUT2D eigenvalue weighted by atomic mass is 19.1. The molecule has 0 amide bonds. The summed E-state index contributed by atoms with van der Waals surface area (Å²) in [4.78, 5) is 11.1. The van der Waals surface area contributed by atoms with Crippen molar-refractivity contribution in [2.45, 2.75) is 20.8 Å². The molecule has 3 aromatic rings. The largest absolute Gasteiger partial charge is 0.478 e. The topological polar surface area (TPSA) is 59.5 Å². The third-order valence-corrected chi connectivity index (χ3v) is 5.75. The molecule has 0 aliphatic carbocycles. The fourth-order valence-corrected chi connectivity index (χ4v) is 4.00. The lowest BCUT2D eigenvalue weighted by Gasteiger charge is -2.29. The summed E-state index contributed by atoms with van der Waals surface area (Å²) in [5.74, 6) is 6.18. The number of rotatable bonds is 7. The van der Waals surface area contributed by atoms with Crippen molar-refractivity contribution in [3.05, 3.63) is 71.9 Å². The van der Waals surface area contributed by atoms with Crippen LogP contribution in [0.5, 0.6) is 5.88 Å². The highest BCUT2D eigenvalue weighted by Gasteiger charge is 2.18. The fraction of sp³-hybridized carbons (Fsp3) is 0.286. The molecule has 6 nitrogen and oxygen atoms in total. The van der Waals surface area contributed by atoms with E-state index in [4.69, 9.17) is 9.47 Å². The first-order valence-corrected chi connectivity index (χ1v) is 11.6. The third kappa shape index (κ3) is 5.61. The van der Waals surface area contributed by atoms with Crippen molar-refractivity contribution in [2.24, 2.45) is 0 Å². The minimum Gasteiger partial charge on any atom is -0.478 e. The summed E-state index contributed by atoms with van der Waals surface area (Å²) < 4.78 is 25.9. The standard InChI is InChI=1S/C28H29FN4O2/c1-5-7-25-27(33-10-12-34-13-11-33)15-22(18-31-25)23-17-26(24(29)14-19(23)3)32-20(4)21-8-9-30-28(16-21)35-6-2/h8-9,14-18,32H,4,6,10-13H2,1-3H3. The number of aromatic nitrogens is 2. The van der Waals surface area contributed by atoms with Gasteiger partial charge in [0.15, 0.2) is 0 Å². The highest BCUT2D eigenvalue weighted by Crippen LogP contribution is 2.33. The summed E-state index contributed by atoms with van der Waals surface area (Å²) in [7, 11) is 0. The normalized spacial score (nSPS) is 13.1. The summed E-state index contributed by atoms with van der Waals surface area (Å²) >= 11 is 0. The second kappa shape index (κ2) is 11.0. The number of anilines is 2. The molecule has 1 fully saturated rings. The minimum absolute atomic E-state index is 0.329. The molecule has 1 aliphatic heterocycles. The van der Waals surface area contributed by atoms with E-state index in [1.165, 1.54) is 6.07 Å². The zero-order valence-electron chi connectivity index (χ0n) is 20.3. The molecule has 0 unspecified atom stereocenters. The van der Waals surface area contributed by atoms with E-state index in [1.54, 1.807) is 37.5 Å². The van der Waals surface area contributed by atoms with Crippen LogP contribution in [0.3, 0.4) is 0 Å². The average Bonchev–Trinajstić information content (AvgIpc) is 2.87. The van der Waals surface area contributed by atoms with E-state index in [-0.39, 0.29) is 5.82 Å². The van der Waals surface area contributed by atoms with Gasteiger partial charge in [0.2, 0.25) is 5.88 Å². The molecule has 1 aromatic carbocycles. The molecular formula is C28H29FN4O2. The molecule has 1 aliphatic rings. The van der Waals surface area contributed by atoms with Crippen molar-refractivity contribution >= 4 is 17.1 Å². The Labute approximate surface area is 205 Å². The highest BCUT2D eigenvalue weighted by molar-refractivity contribution is 5.81. The summed E-state index contributed by atoms with van der Waals surface area (Å²) in [5, 5.41) is 3.12. The van der Waals surface area contributed by atoms with Gasteiger partial charge in [0.05, 0.1) is 31.2 Å². The van der Waals surface area contributed by atoms with Crippen molar-refractivity contribution in [2.75, 3.05) is 43.1 Å². The number of hydrogen-bond donors (Lipinski definition) is 1. The van der Waals surface area contributed by atoms with Gasteiger partial charge in [-0.2, -0.15) is 0 Å². The zero-order chi connectivity index (χ0) is 24.8. The smallest absolute Gasteiger partial charge is 0.213 e. The van der Waals surface area contributed by atoms with Gasteiger partial charge in [-0.1, -0.05) is 12.5 Å². The third-order valence-electron chi connectivity index (χ3n) is 5.75. The van der Waals surface area contributed by atoms with Crippen molar-refractivity contribution in [1.82, 2.24) is 9.97 Å². The Morgan fingerprint density at radius 2 is 2.03 bits per heavy atom. The molecule has 2 aromatic heterocycles. The van der Waals surface area contributed by atoms with Crippen LogP contribution in [0.4, 0.5) is 15.8 Å². The van der Waals surface area contributed by atoms with Gasteiger partial charge < -0.3 is 19.7 Å². The van der Waals surface area contributed by atoms with E-state index in [9.17, 15) is 4.39 Å². The average molecular weight is 473 g/mol. The van der Waals surface area contributed by atoms with Gasteiger partial charge in [0.1, 0.15) is 11.5 Å². The Hall–Kier alpha value is -3.89. The summed E-state index contributed by atoms with van der Waals surface area (Å²) in [6.07, 6.45) is 3.43. The van der Waals surface area contributed by atoms with Gasteiger partial charge in [-0.3, -0.25) is 0 Å². The molecule has 0 atom stereocenters. The fourth-order valence-electron chi connectivity index (χ4n) is 4.00. The number of nitrogens with one attached hydrogen (secondary N) is 1. The monoisotopic (exact) mass is 472 g/mol. The maximum atomic E-state index is 15.0. The zero-order valence-corrected chi connectivity index (χ0v) is 20.3. The van der Waals surface area contributed by atoms with Crippen LogP contribution in [-0.4, -0.2) is 42.9 Å². The molecule has 1 N–H and O–H groups in total. The number of pyridine rings is 2. The quantitative estimate of drug-likeness (QED) is 0.472. The molecule has 4 rings (SSSR count). The van der Waals surface area contributed by atoms with Crippen LogP contribution in [0.2, 0.25) is 0 Å². The van der Waals surface area contributed by atoms with Gasteiger partial charge in [-0.15, -0.1) is 0 Å². The molecule has 3 heterocycles. The van der Waals surface area contributed by atoms with E-state index < -0.39 is 0 Å². The Morgan fingerprint density at radius 1 is 1.23 bits per heavy atom. The lowest BCUT2D eigenvalue weighted by Crippen LogP contribution is -2.36. The van der Waals surface area contributed by atoms with E-state index in [2.05, 4.69) is 44.7 Å². The van der Waals surface area contributed by atoms with Crippen LogP contribution in [-0.2, 0) is 4.74 Å². The second-order valence-electron chi connectivity index (χ2n) is 8.13. The van der Waals surface area contributed by atoms with Crippen LogP contribution in [0.1, 0.15) is 30.7 Å². The minimum atomic E-state index is -0.360. The molecule has 0 bridgehead atoms. The maximum Gasteiger partial charge on any atom is 0.213 e. The van der Waals surface area contributed by atoms with Gasteiger partial charge in [-0.05, 0) is 62.1 Å². The predicted molar refractivity (Wildman–Crippen MR) is 138 cm³/mol. The maximum absolute atomic E-state index is 15.0. The van der Waals surface area contributed by atoms with Gasteiger partial charge in [-0.25, -0.2) is 14.4 Å². The summed E-state index contributed by atoms with van der Waals surface area (Å²) in [6, 6.07) is 8.98. The van der Waals surface area contributed by atoms with Crippen LogP contribution >= 0.6 is 0 Å². The van der Waals surface area contributed by atoms with E-state index in [1.807, 2.05) is 13.8 Å². The summed E-state index contributed by atoms with van der Waals surface area (Å²) in [5.41, 5.74) is 5.91. The molecule has 0 spiro atoms. The number of halogens is 1. The first-order chi connectivity index (χ1) is 17.0. The second-order valence-corrected chi connectivity index (χ2v) is 8.13. The number of aryl methyl sites for hydroxylation is 1. The molecule has 35 heavy (non-hydrogen) atoms. The van der Waals surface area contributed by atoms with Crippen molar-refractivity contribution in [1.29, 1.82) is 0 Å². The van der Waals surface area contributed by atoms with Crippen molar-refractivity contribution in [3.63, 3.8) is 0 Å². The van der Waals surface area contributed by atoms with Crippen molar-refractivity contribution < 1.29 is 13.9 Å². The number of morpholine rings is 1. The van der Waals surface area contributed by atoms with Gasteiger partial charge >= 0.3 is 0 Å². The van der Waals surface area contributed by atoms with Gasteiger partial charge in [0.25, 0.3) is 0 Å². The molecule has 7 heteroatoms. The molecule has 1 saturated heterocycles. The lowest BCUT2D eigenvalue weighted by atomic mass is 9.99. The van der Waals surface area contributed by atoms with Crippen LogP contribution in [0.15, 0.2) is 49.3 Å². The number of benzene rings is 1. The number of nitrogens with zero attached hydrogens (tertiary/aromatic N) is 3. The van der Waals surface area contributed by atoms with Crippen LogP contribution < -0.4 is 15.0 Å². The molecule has 0 radical (unpaired) electrons. The Bertz CT molecular complexity index is 1290. The first-order valence-electron chi connectivity index (χ1n) is 11.6. The number of ether oxygens (including phenoxy) is 2. The molecule has 0 saturated carbocycles. The SMILES string of the molecule is C=C(Nc1cc(-c2cnc(C#CC)c(N3CCOCC3)c2)c(C)cc1F)c1ccnc(OCC)c1. The first kappa shape index (κ1) is 24.2. The van der Waals surface area contributed by atoms with E-state index >= 15 is 0 Å². The van der Waals surface area contributed by atoms with E-state index in [0.717, 1.165) is 46.7 Å². The Morgan fingerprint density at radius 3 is 2.77 bits per heavy atom. The number of hydrogen-bond acceptors (Lipinski definition) is 6. The molecular weight excluding hydrogens is 443 g/mol. The predicted octanol–water partition coefficient (Wildman–Crippen LogP) is 5.28. The van der Waals surface area contributed by atoms with Crippen molar-refractivity contribution in [3.8, 4) is 28.8 Å².